The number of hydrogen-bond donors (Lipinski definition) is 1. The van der Waals surface area contributed by atoms with E-state index in [0.717, 1.165) is 17.8 Å². The van der Waals surface area contributed by atoms with Crippen molar-refractivity contribution in [2.45, 2.75) is 51.0 Å². The molecule has 98 valence electrons. The molecule has 1 aliphatic heterocycles. The minimum atomic E-state index is 0.408. The third-order valence-electron chi connectivity index (χ3n) is 5.94. The summed E-state index contributed by atoms with van der Waals surface area (Å²) in [5.74, 6) is 3.25. The Labute approximate surface area is 106 Å². The molecule has 2 bridgehead atoms. The quantitative estimate of drug-likeness (QED) is 0.810. The minimum Gasteiger partial charge on any atom is -0.314 e. The van der Waals surface area contributed by atoms with E-state index in [2.05, 4.69) is 24.2 Å². The van der Waals surface area contributed by atoms with Gasteiger partial charge in [-0.25, -0.2) is 0 Å². The van der Waals surface area contributed by atoms with E-state index in [4.69, 9.17) is 0 Å². The SMILES string of the molecule is CNC1(C)CCN(CC2CC3CCC2C3)CC1. The van der Waals surface area contributed by atoms with Crippen LogP contribution < -0.4 is 5.32 Å². The van der Waals surface area contributed by atoms with E-state index in [9.17, 15) is 0 Å². The van der Waals surface area contributed by atoms with Gasteiger partial charge in [-0.15, -0.1) is 0 Å². The summed E-state index contributed by atoms with van der Waals surface area (Å²) in [6.45, 7) is 6.40. The van der Waals surface area contributed by atoms with Gasteiger partial charge >= 0.3 is 0 Å². The zero-order valence-electron chi connectivity index (χ0n) is 11.5. The summed E-state index contributed by atoms with van der Waals surface area (Å²) in [7, 11) is 2.12. The molecule has 2 aliphatic carbocycles. The van der Waals surface area contributed by atoms with E-state index in [0.29, 0.717) is 5.54 Å². The molecular formula is C15H28N2. The molecule has 17 heavy (non-hydrogen) atoms. The second-order valence-electron chi connectivity index (χ2n) is 7.05. The summed E-state index contributed by atoms with van der Waals surface area (Å²) in [4.78, 5) is 2.74. The highest BCUT2D eigenvalue weighted by Gasteiger charge is 2.40. The first-order chi connectivity index (χ1) is 8.18. The lowest BCUT2D eigenvalue weighted by Gasteiger charge is -2.41. The first-order valence-corrected chi connectivity index (χ1v) is 7.60. The molecule has 3 aliphatic rings. The molecule has 0 aromatic heterocycles. The van der Waals surface area contributed by atoms with Crippen LogP contribution in [-0.2, 0) is 0 Å². The zero-order valence-corrected chi connectivity index (χ0v) is 11.5. The Kier molecular flexibility index (Phi) is 3.20. The first kappa shape index (κ1) is 12.0. The number of likely N-dealkylation sites (tertiary alicyclic amines) is 1. The van der Waals surface area contributed by atoms with Gasteiger partial charge in [0.25, 0.3) is 0 Å². The fourth-order valence-corrected chi connectivity index (χ4v) is 4.41. The van der Waals surface area contributed by atoms with Crippen LogP contribution in [0.3, 0.4) is 0 Å². The summed E-state index contributed by atoms with van der Waals surface area (Å²) in [6.07, 6.45) is 8.84. The summed E-state index contributed by atoms with van der Waals surface area (Å²) in [6, 6.07) is 0. The molecule has 3 atom stereocenters. The van der Waals surface area contributed by atoms with Crippen LogP contribution in [0.25, 0.3) is 0 Å². The molecule has 3 rings (SSSR count). The highest BCUT2D eigenvalue weighted by molar-refractivity contribution is 4.93. The fraction of sp³-hybridized carbons (Fsp3) is 1.00. The molecule has 0 radical (unpaired) electrons. The Bertz CT molecular complexity index is 268. The molecule has 0 aromatic carbocycles. The molecule has 1 N–H and O–H groups in total. The van der Waals surface area contributed by atoms with Crippen molar-refractivity contribution in [3.8, 4) is 0 Å². The number of hydrogen-bond acceptors (Lipinski definition) is 2. The van der Waals surface area contributed by atoms with Gasteiger partial charge in [-0.2, -0.15) is 0 Å². The number of rotatable bonds is 3. The maximum absolute atomic E-state index is 3.49. The van der Waals surface area contributed by atoms with Gasteiger partial charge in [0.15, 0.2) is 0 Å². The third-order valence-corrected chi connectivity index (χ3v) is 5.94. The van der Waals surface area contributed by atoms with Crippen LogP contribution in [0.5, 0.6) is 0 Å². The van der Waals surface area contributed by atoms with Crippen molar-refractivity contribution in [3.05, 3.63) is 0 Å². The van der Waals surface area contributed by atoms with Gasteiger partial charge in [0.1, 0.15) is 0 Å². The van der Waals surface area contributed by atoms with E-state index in [1.54, 1.807) is 19.3 Å². The van der Waals surface area contributed by atoms with E-state index in [1.807, 2.05) is 0 Å². The molecule has 2 heteroatoms. The van der Waals surface area contributed by atoms with Gasteiger partial charge in [-0.3, -0.25) is 0 Å². The Balaban J connectivity index is 1.48. The number of nitrogens with zero attached hydrogens (tertiary/aromatic N) is 1. The van der Waals surface area contributed by atoms with Gasteiger partial charge in [-0.1, -0.05) is 6.42 Å². The van der Waals surface area contributed by atoms with Crippen molar-refractivity contribution in [2.24, 2.45) is 17.8 Å². The molecule has 2 nitrogen and oxygen atoms in total. The van der Waals surface area contributed by atoms with Crippen molar-refractivity contribution in [2.75, 3.05) is 26.7 Å². The van der Waals surface area contributed by atoms with Crippen LogP contribution in [0.1, 0.15) is 45.4 Å². The van der Waals surface area contributed by atoms with Crippen LogP contribution >= 0.6 is 0 Å². The lowest BCUT2D eigenvalue weighted by molar-refractivity contribution is 0.119. The van der Waals surface area contributed by atoms with Crippen molar-refractivity contribution < 1.29 is 0 Å². The minimum absolute atomic E-state index is 0.408. The van der Waals surface area contributed by atoms with Gasteiger partial charge in [0.05, 0.1) is 0 Å². The second-order valence-corrected chi connectivity index (χ2v) is 7.05. The van der Waals surface area contributed by atoms with Crippen LogP contribution in [0.4, 0.5) is 0 Å². The molecule has 0 aromatic rings. The van der Waals surface area contributed by atoms with E-state index >= 15 is 0 Å². The number of nitrogens with one attached hydrogen (secondary N) is 1. The van der Waals surface area contributed by atoms with Gasteiger partial charge in [-0.05, 0) is 76.9 Å². The predicted molar refractivity (Wildman–Crippen MR) is 72.1 cm³/mol. The molecule has 3 fully saturated rings. The topological polar surface area (TPSA) is 15.3 Å². The van der Waals surface area contributed by atoms with Crippen molar-refractivity contribution in [3.63, 3.8) is 0 Å². The molecular weight excluding hydrogens is 208 g/mol. The van der Waals surface area contributed by atoms with Gasteiger partial charge in [0.2, 0.25) is 0 Å². The fourth-order valence-electron chi connectivity index (χ4n) is 4.41. The average molecular weight is 236 g/mol. The highest BCUT2D eigenvalue weighted by Crippen LogP contribution is 2.48. The molecule has 2 saturated carbocycles. The average Bonchev–Trinajstić information content (AvgIpc) is 2.94. The maximum Gasteiger partial charge on any atom is 0.0174 e. The molecule has 1 saturated heterocycles. The first-order valence-electron chi connectivity index (χ1n) is 7.60. The summed E-state index contributed by atoms with van der Waals surface area (Å²) in [5, 5.41) is 3.49. The van der Waals surface area contributed by atoms with Gasteiger partial charge < -0.3 is 10.2 Å². The van der Waals surface area contributed by atoms with Crippen molar-refractivity contribution >= 4 is 0 Å². The Morgan fingerprint density at radius 3 is 2.47 bits per heavy atom. The lowest BCUT2D eigenvalue weighted by atomic mass is 9.86. The number of piperidine rings is 1. The van der Waals surface area contributed by atoms with Crippen molar-refractivity contribution in [1.29, 1.82) is 0 Å². The lowest BCUT2D eigenvalue weighted by Crippen LogP contribution is -2.50. The van der Waals surface area contributed by atoms with E-state index < -0.39 is 0 Å². The van der Waals surface area contributed by atoms with E-state index in [1.165, 1.54) is 38.9 Å². The van der Waals surface area contributed by atoms with Crippen LogP contribution in [0.2, 0.25) is 0 Å². The van der Waals surface area contributed by atoms with Gasteiger partial charge in [0, 0.05) is 12.1 Å². The largest absolute Gasteiger partial charge is 0.314 e. The maximum atomic E-state index is 3.49. The smallest absolute Gasteiger partial charge is 0.0174 e. The van der Waals surface area contributed by atoms with Crippen LogP contribution in [0, 0.1) is 17.8 Å². The monoisotopic (exact) mass is 236 g/mol. The Morgan fingerprint density at radius 1 is 1.18 bits per heavy atom. The molecule has 0 spiro atoms. The zero-order chi connectivity index (χ0) is 11.9. The van der Waals surface area contributed by atoms with Crippen LogP contribution in [0.15, 0.2) is 0 Å². The predicted octanol–water partition coefficient (Wildman–Crippen LogP) is 2.50. The van der Waals surface area contributed by atoms with Crippen molar-refractivity contribution in [1.82, 2.24) is 10.2 Å². The standard InChI is InChI=1S/C15H28N2/c1-15(16-2)5-7-17(8-6-15)11-14-10-12-3-4-13(14)9-12/h12-14,16H,3-11H2,1-2H3. The normalized spacial score (nSPS) is 40.9. The highest BCUT2D eigenvalue weighted by atomic mass is 15.2. The summed E-state index contributed by atoms with van der Waals surface area (Å²) in [5.41, 5.74) is 0.408. The molecule has 1 heterocycles. The Morgan fingerprint density at radius 2 is 1.94 bits per heavy atom. The molecule has 0 amide bonds. The summed E-state index contributed by atoms with van der Waals surface area (Å²) < 4.78 is 0. The van der Waals surface area contributed by atoms with Crippen LogP contribution in [-0.4, -0.2) is 37.1 Å². The third kappa shape index (κ3) is 2.39. The molecule has 3 unspecified atom stereocenters. The Hall–Kier alpha value is -0.0800. The second kappa shape index (κ2) is 4.55. The number of fused-ring (bicyclic) bond motifs is 2. The van der Waals surface area contributed by atoms with E-state index in [-0.39, 0.29) is 0 Å². The summed E-state index contributed by atoms with van der Waals surface area (Å²) >= 11 is 0.